The fourth-order valence-corrected chi connectivity index (χ4v) is 1.65. The highest BCUT2D eigenvalue weighted by molar-refractivity contribution is 7.87. The lowest BCUT2D eigenvalue weighted by atomic mass is 10.4. The molecule has 2 N–H and O–H groups in total. The highest BCUT2D eigenvalue weighted by atomic mass is 32.2. The van der Waals surface area contributed by atoms with E-state index in [2.05, 4.69) is 10.6 Å². The van der Waals surface area contributed by atoms with Crippen LogP contribution in [0, 0.1) is 12.3 Å². The van der Waals surface area contributed by atoms with Crippen LogP contribution in [0.3, 0.4) is 0 Å². The smallest absolute Gasteiger partial charge is 0.304 e. The van der Waals surface area contributed by atoms with E-state index in [4.69, 9.17) is 11.5 Å². The van der Waals surface area contributed by atoms with E-state index in [0.29, 0.717) is 6.42 Å². The van der Waals surface area contributed by atoms with Gasteiger partial charge in [0.15, 0.2) is 0 Å². The fourth-order valence-electron chi connectivity index (χ4n) is 0.736. The Balaban J connectivity index is 4.09. The quantitative estimate of drug-likeness (QED) is 0.448. The number of terminal acetylenes is 1. The van der Waals surface area contributed by atoms with Gasteiger partial charge < -0.3 is 5.11 Å². The first-order valence-electron chi connectivity index (χ1n) is 4.26. The maximum absolute atomic E-state index is 11.4. The van der Waals surface area contributed by atoms with Crippen LogP contribution in [0.5, 0.6) is 0 Å². The van der Waals surface area contributed by atoms with E-state index < -0.39 is 16.2 Å². The number of aliphatic carboxylic acids is 1. The Labute approximate surface area is 89.5 Å². The third-order valence-corrected chi connectivity index (χ3v) is 3.18. The Morgan fingerprint density at radius 2 is 2.20 bits per heavy atom. The zero-order valence-electron chi connectivity index (χ0n) is 8.43. The van der Waals surface area contributed by atoms with Gasteiger partial charge >= 0.3 is 5.97 Å². The minimum Gasteiger partial charge on any atom is -0.481 e. The van der Waals surface area contributed by atoms with Crippen molar-refractivity contribution in [3.05, 3.63) is 0 Å². The molecule has 0 aromatic carbocycles. The molecule has 0 rings (SSSR count). The molecular weight excluding hydrogens is 220 g/mol. The molecule has 0 saturated carbocycles. The van der Waals surface area contributed by atoms with Gasteiger partial charge in [-0.15, -0.1) is 12.3 Å². The fraction of sp³-hybridized carbons (Fsp3) is 0.625. The van der Waals surface area contributed by atoms with Crippen LogP contribution in [-0.2, 0) is 15.0 Å². The SMILES string of the molecule is C#CCCNS(=O)(=O)N(C)CCC(=O)O. The summed E-state index contributed by atoms with van der Waals surface area (Å²) in [6, 6.07) is 0. The van der Waals surface area contributed by atoms with Gasteiger partial charge in [-0.2, -0.15) is 12.7 Å². The zero-order chi connectivity index (χ0) is 11.9. The van der Waals surface area contributed by atoms with Crippen molar-refractivity contribution in [3.63, 3.8) is 0 Å². The molecule has 0 aromatic heterocycles. The molecule has 0 bridgehead atoms. The normalized spacial score (nSPS) is 11.3. The average Bonchev–Trinajstić information content (AvgIpc) is 2.14. The molecule has 0 aliphatic carbocycles. The molecule has 0 aliphatic heterocycles. The van der Waals surface area contributed by atoms with E-state index in [-0.39, 0.29) is 19.5 Å². The Morgan fingerprint density at radius 3 is 2.67 bits per heavy atom. The summed E-state index contributed by atoms with van der Waals surface area (Å²) in [5.74, 6) is 1.25. The van der Waals surface area contributed by atoms with Gasteiger partial charge in [0, 0.05) is 26.6 Å². The maximum atomic E-state index is 11.4. The third-order valence-electron chi connectivity index (χ3n) is 1.60. The molecule has 0 spiro atoms. The molecule has 0 amide bonds. The molecular formula is C8H14N2O4S. The number of carboxylic acid groups (broad SMARTS) is 1. The van der Waals surface area contributed by atoms with Gasteiger partial charge in [-0.05, 0) is 0 Å². The van der Waals surface area contributed by atoms with E-state index in [1.807, 2.05) is 0 Å². The van der Waals surface area contributed by atoms with Crippen LogP contribution in [0.1, 0.15) is 12.8 Å². The van der Waals surface area contributed by atoms with Crippen molar-refractivity contribution in [3.8, 4) is 12.3 Å². The number of rotatable bonds is 7. The molecule has 15 heavy (non-hydrogen) atoms. The second kappa shape index (κ2) is 6.40. The van der Waals surface area contributed by atoms with Crippen LogP contribution in [0.25, 0.3) is 0 Å². The van der Waals surface area contributed by atoms with E-state index in [1.54, 1.807) is 0 Å². The molecule has 0 radical (unpaired) electrons. The minimum atomic E-state index is -3.60. The van der Waals surface area contributed by atoms with Gasteiger partial charge in [0.05, 0.1) is 6.42 Å². The van der Waals surface area contributed by atoms with Crippen LogP contribution < -0.4 is 4.72 Å². The second-order valence-corrected chi connectivity index (χ2v) is 4.68. The van der Waals surface area contributed by atoms with Crippen LogP contribution in [0.2, 0.25) is 0 Å². The highest BCUT2D eigenvalue weighted by Gasteiger charge is 2.16. The van der Waals surface area contributed by atoms with Crippen LogP contribution in [0.15, 0.2) is 0 Å². The highest BCUT2D eigenvalue weighted by Crippen LogP contribution is 1.95. The first-order chi connectivity index (χ1) is 6.90. The minimum absolute atomic E-state index is 0.0687. The van der Waals surface area contributed by atoms with Crippen molar-refractivity contribution < 1.29 is 18.3 Å². The lowest BCUT2D eigenvalue weighted by Gasteiger charge is -2.15. The second-order valence-electron chi connectivity index (χ2n) is 2.82. The van der Waals surface area contributed by atoms with Gasteiger partial charge in [0.2, 0.25) is 0 Å². The van der Waals surface area contributed by atoms with Gasteiger partial charge in [0.1, 0.15) is 0 Å². The van der Waals surface area contributed by atoms with E-state index in [1.165, 1.54) is 7.05 Å². The number of carbonyl (C=O) groups is 1. The summed E-state index contributed by atoms with van der Waals surface area (Å²) in [7, 11) is -2.30. The summed E-state index contributed by atoms with van der Waals surface area (Å²) < 4.78 is 25.9. The first-order valence-corrected chi connectivity index (χ1v) is 5.70. The topological polar surface area (TPSA) is 86.7 Å². The maximum Gasteiger partial charge on any atom is 0.304 e. The van der Waals surface area contributed by atoms with Gasteiger partial charge in [0.25, 0.3) is 10.2 Å². The molecule has 0 atom stereocenters. The van der Waals surface area contributed by atoms with Gasteiger partial charge in [-0.1, -0.05) is 0 Å². The van der Waals surface area contributed by atoms with Crippen molar-refractivity contribution in [1.29, 1.82) is 0 Å². The molecule has 0 unspecified atom stereocenters. The monoisotopic (exact) mass is 234 g/mol. The lowest BCUT2D eigenvalue weighted by Crippen LogP contribution is -2.39. The number of hydrogen-bond acceptors (Lipinski definition) is 3. The lowest BCUT2D eigenvalue weighted by molar-refractivity contribution is -0.137. The van der Waals surface area contributed by atoms with E-state index >= 15 is 0 Å². The molecule has 0 fully saturated rings. The van der Waals surface area contributed by atoms with Gasteiger partial charge in [-0.3, -0.25) is 4.79 Å². The molecule has 0 aromatic rings. The molecule has 6 nitrogen and oxygen atoms in total. The summed E-state index contributed by atoms with van der Waals surface area (Å²) in [4.78, 5) is 10.2. The predicted molar refractivity (Wildman–Crippen MR) is 55.3 cm³/mol. The first kappa shape index (κ1) is 13.9. The molecule has 0 aliphatic rings. The van der Waals surface area contributed by atoms with Crippen LogP contribution >= 0.6 is 0 Å². The summed E-state index contributed by atoms with van der Waals surface area (Å²) in [5, 5.41) is 8.37. The Bertz CT molecular complexity index is 344. The number of nitrogens with one attached hydrogen (secondary N) is 1. The number of carboxylic acids is 1. The molecule has 7 heteroatoms. The Morgan fingerprint density at radius 1 is 1.60 bits per heavy atom. The summed E-state index contributed by atoms with van der Waals surface area (Å²) in [5.41, 5.74) is 0. The summed E-state index contributed by atoms with van der Waals surface area (Å²) >= 11 is 0. The van der Waals surface area contributed by atoms with Crippen molar-refractivity contribution in [2.24, 2.45) is 0 Å². The summed E-state index contributed by atoms with van der Waals surface area (Å²) in [6.07, 6.45) is 5.02. The van der Waals surface area contributed by atoms with Crippen LogP contribution in [0.4, 0.5) is 0 Å². The van der Waals surface area contributed by atoms with Crippen molar-refractivity contribution >= 4 is 16.2 Å². The summed E-state index contributed by atoms with van der Waals surface area (Å²) in [6.45, 7) is 0.0803. The van der Waals surface area contributed by atoms with E-state index in [9.17, 15) is 13.2 Å². The third kappa shape index (κ3) is 6.06. The van der Waals surface area contributed by atoms with E-state index in [0.717, 1.165) is 4.31 Å². The molecule has 0 saturated heterocycles. The van der Waals surface area contributed by atoms with Crippen molar-refractivity contribution in [2.75, 3.05) is 20.1 Å². The predicted octanol–water partition coefficient (Wildman–Crippen LogP) is -0.749. The number of hydrogen-bond donors (Lipinski definition) is 2. The van der Waals surface area contributed by atoms with Gasteiger partial charge in [-0.25, -0.2) is 4.72 Å². The zero-order valence-corrected chi connectivity index (χ0v) is 9.25. The molecule has 86 valence electrons. The Kier molecular flexibility index (Phi) is 5.93. The number of nitrogens with zero attached hydrogens (tertiary/aromatic N) is 1. The van der Waals surface area contributed by atoms with Crippen LogP contribution in [-0.4, -0.2) is 43.9 Å². The largest absolute Gasteiger partial charge is 0.481 e. The van der Waals surface area contributed by atoms with Crippen molar-refractivity contribution in [2.45, 2.75) is 12.8 Å². The van der Waals surface area contributed by atoms with Crippen molar-refractivity contribution in [1.82, 2.24) is 9.03 Å². The standard InChI is InChI=1S/C8H14N2O4S/c1-3-4-6-9-15(13,14)10(2)7-5-8(11)12/h1,9H,4-7H2,2H3,(H,11,12). The Hall–Kier alpha value is -1.10. The molecule has 0 heterocycles. The average molecular weight is 234 g/mol.